The number of nitrogens with zero attached hydrogens (tertiary/aromatic N) is 4. The minimum Gasteiger partial charge on any atom is -0.394 e. The van der Waals surface area contributed by atoms with Crippen LogP contribution in [-0.2, 0) is 11.8 Å². The van der Waals surface area contributed by atoms with Gasteiger partial charge >= 0.3 is 0 Å². The van der Waals surface area contributed by atoms with Crippen LogP contribution in [0.15, 0.2) is 23.3 Å². The van der Waals surface area contributed by atoms with Crippen LogP contribution in [0.25, 0.3) is 16.8 Å². The zero-order valence-electron chi connectivity index (χ0n) is 13.2. The van der Waals surface area contributed by atoms with Crippen LogP contribution in [0.5, 0.6) is 0 Å². The molecule has 4 heterocycles. The number of imidazole rings is 1. The number of aromatic nitrogens is 4. The van der Waals surface area contributed by atoms with E-state index in [1.165, 1.54) is 4.40 Å². The van der Waals surface area contributed by atoms with Crippen molar-refractivity contribution in [3.05, 3.63) is 34.5 Å². The Kier molecular flexibility index (Phi) is 3.29. The lowest BCUT2D eigenvalue weighted by Gasteiger charge is -2.19. The van der Waals surface area contributed by atoms with Gasteiger partial charge in [0.05, 0.1) is 17.7 Å². The van der Waals surface area contributed by atoms with Crippen LogP contribution >= 0.6 is 0 Å². The summed E-state index contributed by atoms with van der Waals surface area (Å²) in [4.78, 5) is 17.0. The van der Waals surface area contributed by atoms with Crippen LogP contribution in [0, 0.1) is 6.92 Å². The molecule has 0 spiro atoms. The molecule has 9 heteroatoms. The molecule has 1 aliphatic rings. The van der Waals surface area contributed by atoms with E-state index in [9.17, 15) is 20.1 Å². The van der Waals surface area contributed by atoms with E-state index < -0.39 is 31.1 Å². The molecular weight excluding hydrogens is 316 g/mol. The monoisotopic (exact) mass is 334 g/mol. The van der Waals surface area contributed by atoms with E-state index in [1.807, 2.05) is 0 Å². The topological polar surface area (TPSA) is 114 Å². The van der Waals surface area contributed by atoms with Gasteiger partial charge in [-0.1, -0.05) is 0 Å². The summed E-state index contributed by atoms with van der Waals surface area (Å²) in [5.41, 5.74) is 1.02. The van der Waals surface area contributed by atoms with Gasteiger partial charge in [0.15, 0.2) is 6.23 Å². The van der Waals surface area contributed by atoms with Crippen LogP contribution < -0.4 is 5.56 Å². The highest BCUT2D eigenvalue weighted by Gasteiger charge is 2.43. The van der Waals surface area contributed by atoms with Crippen LogP contribution in [-0.4, -0.2) is 58.8 Å². The fraction of sp³-hybridized carbons (Fsp3) is 0.467. The molecule has 4 rings (SSSR count). The Morgan fingerprint density at radius 1 is 1.33 bits per heavy atom. The lowest BCUT2D eigenvalue weighted by atomic mass is 10.1. The van der Waals surface area contributed by atoms with E-state index in [4.69, 9.17) is 4.74 Å². The number of fused-ring (bicyclic) bond motifs is 2. The second kappa shape index (κ2) is 5.15. The number of aliphatic hydroxyl groups is 3. The van der Waals surface area contributed by atoms with Gasteiger partial charge in [-0.2, -0.15) is 0 Å². The third-order valence-corrected chi connectivity index (χ3v) is 4.55. The van der Waals surface area contributed by atoms with Crippen molar-refractivity contribution in [3.63, 3.8) is 0 Å². The van der Waals surface area contributed by atoms with Gasteiger partial charge in [-0.25, -0.2) is 4.98 Å². The molecule has 24 heavy (non-hydrogen) atoms. The van der Waals surface area contributed by atoms with E-state index >= 15 is 0 Å². The molecule has 1 aliphatic heterocycles. The fourth-order valence-corrected chi connectivity index (χ4v) is 3.37. The standard InChI is InChI=1S/C15H18N4O5/c1-7-5-19-13(23)8-3-4-18(12(8)17(2)15(19)16-7)14-11(22)10(21)9(6-20)24-14/h3-5,9-11,14,20-22H,6H2,1-2H3/t9-,10-,11-,14-/m1/s1. The summed E-state index contributed by atoms with van der Waals surface area (Å²) in [5, 5.41) is 29.9. The summed E-state index contributed by atoms with van der Waals surface area (Å²) in [5.74, 6) is 0.469. The van der Waals surface area contributed by atoms with Gasteiger partial charge < -0.3 is 24.6 Å². The zero-order valence-corrected chi connectivity index (χ0v) is 13.2. The molecule has 9 nitrogen and oxygen atoms in total. The van der Waals surface area contributed by atoms with Crippen molar-refractivity contribution in [1.29, 1.82) is 0 Å². The molecule has 1 saturated heterocycles. The first-order valence-electron chi connectivity index (χ1n) is 7.61. The minimum atomic E-state index is -1.22. The summed E-state index contributed by atoms with van der Waals surface area (Å²) in [6.45, 7) is 1.40. The zero-order chi connectivity index (χ0) is 17.2. The van der Waals surface area contributed by atoms with Crippen molar-refractivity contribution in [1.82, 2.24) is 18.5 Å². The highest BCUT2D eigenvalue weighted by atomic mass is 16.6. The highest BCUT2D eigenvalue weighted by Crippen LogP contribution is 2.32. The lowest BCUT2D eigenvalue weighted by Crippen LogP contribution is -2.33. The molecular formula is C15H18N4O5. The number of rotatable bonds is 2. The van der Waals surface area contributed by atoms with Crippen molar-refractivity contribution in [2.75, 3.05) is 6.61 Å². The van der Waals surface area contributed by atoms with Gasteiger partial charge in [0.2, 0.25) is 5.78 Å². The van der Waals surface area contributed by atoms with Crippen molar-refractivity contribution in [3.8, 4) is 0 Å². The maximum absolute atomic E-state index is 12.7. The Labute approximate surface area is 136 Å². The maximum Gasteiger partial charge on any atom is 0.268 e. The molecule has 0 aromatic carbocycles. The molecule has 0 unspecified atom stereocenters. The van der Waals surface area contributed by atoms with Crippen molar-refractivity contribution in [2.24, 2.45) is 7.05 Å². The number of aryl methyl sites for hydroxylation is 2. The van der Waals surface area contributed by atoms with E-state index in [0.717, 1.165) is 5.69 Å². The fourth-order valence-electron chi connectivity index (χ4n) is 3.37. The summed E-state index contributed by atoms with van der Waals surface area (Å²) >= 11 is 0. The summed E-state index contributed by atoms with van der Waals surface area (Å²) in [7, 11) is 1.77. The van der Waals surface area contributed by atoms with Crippen molar-refractivity contribution < 1.29 is 20.1 Å². The smallest absolute Gasteiger partial charge is 0.268 e. The van der Waals surface area contributed by atoms with Crippen molar-refractivity contribution in [2.45, 2.75) is 31.5 Å². The molecule has 1 fully saturated rings. The predicted molar refractivity (Wildman–Crippen MR) is 83.7 cm³/mol. The van der Waals surface area contributed by atoms with E-state index in [-0.39, 0.29) is 5.56 Å². The van der Waals surface area contributed by atoms with Gasteiger partial charge in [0.1, 0.15) is 24.0 Å². The lowest BCUT2D eigenvalue weighted by molar-refractivity contribution is -0.0510. The normalized spacial score (nSPS) is 27.5. The molecule has 0 amide bonds. The van der Waals surface area contributed by atoms with Crippen LogP contribution in [0.1, 0.15) is 11.9 Å². The highest BCUT2D eigenvalue weighted by molar-refractivity contribution is 5.78. The van der Waals surface area contributed by atoms with Crippen molar-refractivity contribution >= 4 is 16.8 Å². The second-order valence-electron chi connectivity index (χ2n) is 6.11. The third-order valence-electron chi connectivity index (χ3n) is 4.55. The predicted octanol–water partition coefficient (Wildman–Crippen LogP) is -1.09. The first-order chi connectivity index (χ1) is 11.4. The Morgan fingerprint density at radius 2 is 2.08 bits per heavy atom. The maximum atomic E-state index is 12.7. The average molecular weight is 334 g/mol. The SMILES string of the molecule is Cc1cn2c(=O)c3ccn([C@@H]4O[C@H](CO)[C@@H](O)[C@H]4O)c3n(C)c2n1. The number of aliphatic hydroxyl groups excluding tert-OH is 3. The number of hydrogen-bond donors (Lipinski definition) is 3. The first-order valence-corrected chi connectivity index (χ1v) is 7.61. The van der Waals surface area contributed by atoms with Gasteiger partial charge in [-0.3, -0.25) is 13.8 Å². The quantitative estimate of drug-likeness (QED) is 0.549. The molecule has 0 radical (unpaired) electrons. The Balaban J connectivity index is 1.97. The summed E-state index contributed by atoms with van der Waals surface area (Å²) in [6.07, 6.45) is -0.910. The molecule has 3 N–H and O–H groups in total. The van der Waals surface area contributed by atoms with E-state index in [1.54, 1.807) is 41.6 Å². The minimum absolute atomic E-state index is 0.218. The molecule has 3 aromatic heterocycles. The van der Waals surface area contributed by atoms with Gasteiger partial charge in [-0.15, -0.1) is 0 Å². The largest absolute Gasteiger partial charge is 0.394 e. The number of hydrogen-bond acceptors (Lipinski definition) is 6. The number of ether oxygens (including phenoxy) is 1. The van der Waals surface area contributed by atoms with E-state index in [0.29, 0.717) is 16.8 Å². The average Bonchev–Trinajstić information content (AvgIpc) is 3.23. The molecule has 4 atom stereocenters. The molecule has 128 valence electrons. The molecule has 0 bridgehead atoms. The molecule has 0 aliphatic carbocycles. The first kappa shape index (κ1) is 15.3. The Hall–Kier alpha value is -2.20. The van der Waals surface area contributed by atoms with Crippen LogP contribution in [0.2, 0.25) is 0 Å². The van der Waals surface area contributed by atoms with Crippen LogP contribution in [0.3, 0.4) is 0 Å². The van der Waals surface area contributed by atoms with E-state index in [2.05, 4.69) is 4.98 Å². The van der Waals surface area contributed by atoms with Gasteiger partial charge in [-0.05, 0) is 13.0 Å². The second-order valence-corrected chi connectivity index (χ2v) is 6.11. The van der Waals surface area contributed by atoms with Gasteiger partial charge in [0, 0.05) is 19.4 Å². The van der Waals surface area contributed by atoms with Crippen LogP contribution in [0.4, 0.5) is 0 Å². The van der Waals surface area contributed by atoms with Gasteiger partial charge in [0.25, 0.3) is 5.56 Å². The molecule has 0 saturated carbocycles. The summed E-state index contributed by atoms with van der Waals surface area (Å²) in [6, 6.07) is 1.64. The third kappa shape index (κ3) is 1.89. The summed E-state index contributed by atoms with van der Waals surface area (Å²) < 4.78 is 10.4. The molecule has 3 aromatic rings. The Morgan fingerprint density at radius 3 is 2.75 bits per heavy atom. The Bertz CT molecular complexity index is 987.